The molecule has 0 heterocycles. The van der Waals surface area contributed by atoms with Gasteiger partial charge in [0.05, 0.1) is 8.95 Å². The van der Waals surface area contributed by atoms with Gasteiger partial charge >= 0.3 is 0 Å². The summed E-state index contributed by atoms with van der Waals surface area (Å²) in [5, 5.41) is 0. The van der Waals surface area contributed by atoms with E-state index in [1.54, 1.807) is 0 Å². The third-order valence-electron chi connectivity index (χ3n) is 1.37. The van der Waals surface area contributed by atoms with Crippen molar-refractivity contribution in [1.29, 1.82) is 0 Å². The van der Waals surface area contributed by atoms with Gasteiger partial charge in [-0.15, -0.1) is 0 Å². The SMILES string of the molecule is CC(C)(C)Oc1c(Br)cc(Br)cc1Br. The third kappa shape index (κ3) is 3.55. The van der Waals surface area contributed by atoms with Crippen LogP contribution in [0.1, 0.15) is 20.8 Å². The number of rotatable bonds is 1. The van der Waals surface area contributed by atoms with Crippen molar-refractivity contribution in [3.8, 4) is 5.75 Å². The van der Waals surface area contributed by atoms with Crippen molar-refractivity contribution in [2.24, 2.45) is 0 Å². The zero-order chi connectivity index (χ0) is 10.9. The van der Waals surface area contributed by atoms with Gasteiger partial charge in [-0.25, -0.2) is 0 Å². The van der Waals surface area contributed by atoms with Gasteiger partial charge in [0, 0.05) is 4.47 Å². The topological polar surface area (TPSA) is 9.23 Å². The van der Waals surface area contributed by atoms with Crippen LogP contribution < -0.4 is 4.74 Å². The fraction of sp³-hybridized carbons (Fsp3) is 0.400. The molecule has 0 amide bonds. The largest absolute Gasteiger partial charge is 0.486 e. The van der Waals surface area contributed by atoms with Crippen LogP contribution in [0, 0.1) is 0 Å². The van der Waals surface area contributed by atoms with Crippen LogP contribution >= 0.6 is 47.8 Å². The van der Waals surface area contributed by atoms with Crippen LogP contribution in [0.15, 0.2) is 25.6 Å². The molecular formula is C10H11Br3O. The van der Waals surface area contributed by atoms with E-state index in [4.69, 9.17) is 4.74 Å². The third-order valence-corrected chi connectivity index (χ3v) is 3.01. The van der Waals surface area contributed by atoms with Crippen LogP contribution in [0.4, 0.5) is 0 Å². The Labute approximate surface area is 110 Å². The average molecular weight is 387 g/mol. The Hall–Kier alpha value is 0.460. The van der Waals surface area contributed by atoms with Crippen molar-refractivity contribution in [3.05, 3.63) is 25.6 Å². The Bertz CT molecular complexity index is 319. The Balaban J connectivity index is 3.09. The van der Waals surface area contributed by atoms with Gasteiger partial charge in [-0.3, -0.25) is 0 Å². The first kappa shape index (κ1) is 12.5. The second-order valence-electron chi connectivity index (χ2n) is 3.91. The summed E-state index contributed by atoms with van der Waals surface area (Å²) in [6.07, 6.45) is 0. The first-order valence-corrected chi connectivity index (χ1v) is 6.51. The second-order valence-corrected chi connectivity index (χ2v) is 6.54. The summed E-state index contributed by atoms with van der Waals surface area (Å²) >= 11 is 10.3. The molecule has 0 spiro atoms. The maximum atomic E-state index is 5.80. The molecule has 0 saturated carbocycles. The average Bonchev–Trinajstić information content (AvgIpc) is 1.95. The highest BCUT2D eigenvalue weighted by molar-refractivity contribution is 9.11. The summed E-state index contributed by atoms with van der Waals surface area (Å²) in [6, 6.07) is 3.93. The van der Waals surface area contributed by atoms with Gasteiger partial charge in [-0.2, -0.15) is 0 Å². The summed E-state index contributed by atoms with van der Waals surface area (Å²) in [5.74, 6) is 0.834. The molecule has 0 aliphatic rings. The molecule has 14 heavy (non-hydrogen) atoms. The quantitative estimate of drug-likeness (QED) is 0.648. The molecule has 0 atom stereocenters. The van der Waals surface area contributed by atoms with Gasteiger partial charge in [-0.05, 0) is 64.8 Å². The highest BCUT2D eigenvalue weighted by Gasteiger charge is 2.16. The van der Waals surface area contributed by atoms with Crippen LogP contribution in [0.2, 0.25) is 0 Å². The van der Waals surface area contributed by atoms with Crippen molar-refractivity contribution in [1.82, 2.24) is 0 Å². The first-order valence-electron chi connectivity index (χ1n) is 4.13. The lowest BCUT2D eigenvalue weighted by atomic mass is 10.2. The second kappa shape index (κ2) is 4.54. The monoisotopic (exact) mass is 384 g/mol. The minimum atomic E-state index is -0.196. The van der Waals surface area contributed by atoms with E-state index in [9.17, 15) is 0 Å². The van der Waals surface area contributed by atoms with Crippen LogP contribution in [-0.2, 0) is 0 Å². The molecule has 0 bridgehead atoms. The predicted octanol–water partition coefficient (Wildman–Crippen LogP) is 5.15. The molecule has 1 aromatic carbocycles. The molecule has 1 aromatic rings. The summed E-state index contributed by atoms with van der Waals surface area (Å²) < 4.78 is 8.69. The van der Waals surface area contributed by atoms with Crippen LogP contribution in [0.5, 0.6) is 5.75 Å². The number of ether oxygens (including phenoxy) is 1. The molecule has 0 saturated heterocycles. The van der Waals surface area contributed by atoms with Gasteiger partial charge in [0.15, 0.2) is 0 Å². The molecule has 78 valence electrons. The van der Waals surface area contributed by atoms with Crippen LogP contribution in [0.25, 0.3) is 0 Å². The molecule has 0 radical (unpaired) electrons. The maximum absolute atomic E-state index is 5.80. The summed E-state index contributed by atoms with van der Waals surface area (Å²) in [4.78, 5) is 0. The highest BCUT2D eigenvalue weighted by atomic mass is 79.9. The molecule has 1 nitrogen and oxygen atoms in total. The van der Waals surface area contributed by atoms with Crippen molar-refractivity contribution in [2.45, 2.75) is 26.4 Å². The minimum Gasteiger partial charge on any atom is -0.486 e. The van der Waals surface area contributed by atoms with Gasteiger partial charge in [0.2, 0.25) is 0 Å². The number of hydrogen-bond donors (Lipinski definition) is 0. The predicted molar refractivity (Wildman–Crippen MR) is 69.9 cm³/mol. The summed E-state index contributed by atoms with van der Waals surface area (Å²) in [5.41, 5.74) is -0.196. The van der Waals surface area contributed by atoms with Gasteiger partial charge in [-0.1, -0.05) is 15.9 Å². The van der Waals surface area contributed by atoms with E-state index in [-0.39, 0.29) is 5.60 Å². The molecule has 0 fully saturated rings. The standard InChI is InChI=1S/C10H11Br3O/c1-10(2,3)14-9-7(12)4-6(11)5-8(9)13/h4-5H,1-3H3. The van der Waals surface area contributed by atoms with E-state index in [1.807, 2.05) is 32.9 Å². The molecular weight excluding hydrogens is 376 g/mol. The van der Waals surface area contributed by atoms with E-state index >= 15 is 0 Å². The van der Waals surface area contributed by atoms with Crippen molar-refractivity contribution >= 4 is 47.8 Å². The normalized spacial score (nSPS) is 11.6. The molecule has 4 heteroatoms. The fourth-order valence-electron chi connectivity index (χ4n) is 0.933. The Morgan fingerprint density at radius 2 is 1.43 bits per heavy atom. The Morgan fingerprint density at radius 1 is 1.00 bits per heavy atom. The van der Waals surface area contributed by atoms with E-state index in [2.05, 4.69) is 47.8 Å². The Kier molecular flexibility index (Phi) is 4.06. The number of halogens is 3. The summed E-state index contributed by atoms with van der Waals surface area (Å²) in [7, 11) is 0. The minimum absolute atomic E-state index is 0.196. The van der Waals surface area contributed by atoms with Gasteiger partial charge in [0.1, 0.15) is 11.4 Å². The highest BCUT2D eigenvalue weighted by Crippen LogP contribution is 2.38. The summed E-state index contributed by atoms with van der Waals surface area (Å²) in [6.45, 7) is 6.07. The lowest BCUT2D eigenvalue weighted by molar-refractivity contribution is 0.128. The van der Waals surface area contributed by atoms with E-state index in [0.717, 1.165) is 19.2 Å². The lowest BCUT2D eigenvalue weighted by Crippen LogP contribution is -2.23. The van der Waals surface area contributed by atoms with Crippen molar-refractivity contribution in [3.63, 3.8) is 0 Å². The van der Waals surface area contributed by atoms with E-state index < -0.39 is 0 Å². The molecule has 0 aliphatic carbocycles. The van der Waals surface area contributed by atoms with Crippen molar-refractivity contribution in [2.75, 3.05) is 0 Å². The van der Waals surface area contributed by atoms with Gasteiger partial charge in [0.25, 0.3) is 0 Å². The Morgan fingerprint density at radius 3 is 1.79 bits per heavy atom. The lowest BCUT2D eigenvalue weighted by Gasteiger charge is -2.23. The zero-order valence-corrected chi connectivity index (χ0v) is 13.0. The van der Waals surface area contributed by atoms with Gasteiger partial charge < -0.3 is 4.74 Å². The van der Waals surface area contributed by atoms with Crippen LogP contribution in [-0.4, -0.2) is 5.60 Å². The molecule has 0 aromatic heterocycles. The molecule has 0 aliphatic heterocycles. The van der Waals surface area contributed by atoms with E-state index in [0.29, 0.717) is 0 Å². The van der Waals surface area contributed by atoms with Crippen molar-refractivity contribution < 1.29 is 4.74 Å². The maximum Gasteiger partial charge on any atom is 0.148 e. The number of benzene rings is 1. The molecule has 0 N–H and O–H groups in total. The van der Waals surface area contributed by atoms with E-state index in [1.165, 1.54) is 0 Å². The smallest absolute Gasteiger partial charge is 0.148 e. The number of hydrogen-bond acceptors (Lipinski definition) is 1. The first-order chi connectivity index (χ1) is 6.29. The fourth-order valence-corrected chi connectivity index (χ4v) is 3.35. The molecule has 0 unspecified atom stereocenters. The zero-order valence-electron chi connectivity index (χ0n) is 8.20. The van der Waals surface area contributed by atoms with Crippen LogP contribution in [0.3, 0.4) is 0 Å². The molecule has 1 rings (SSSR count).